The van der Waals surface area contributed by atoms with Crippen molar-refractivity contribution < 1.29 is 72.1 Å². The molecule has 0 aliphatic carbocycles. The molecule has 0 N–H and O–H groups in total. The van der Waals surface area contributed by atoms with E-state index < -0.39 is 48.2 Å². The SMILES string of the molecule is O=[N+]([O-])[O-].O=[N+]([O-])[O-].O=[N+]([O-])[O-].O=[N+]([O-])[O-].[O]=[U+2]=[O].[Zn+2]. The molecule has 0 radical (unpaired) electrons. The van der Waals surface area contributed by atoms with Gasteiger partial charge in [-0.2, -0.15) is 0 Å². The summed E-state index contributed by atoms with van der Waals surface area (Å²) >= 11 is -2.51. The van der Waals surface area contributed by atoms with E-state index in [4.69, 9.17) is 65.8 Å². The normalized spacial score (nSPS) is 5.20. The molecular weight excluding hydrogens is 583 g/mol. The Hall–Kier alpha value is -1.92. The van der Waals surface area contributed by atoms with Gasteiger partial charge in [0.15, 0.2) is 0 Å². The van der Waals surface area contributed by atoms with Crippen molar-refractivity contribution in [3.63, 3.8) is 0 Å². The maximum atomic E-state index is 8.58. The molecule has 0 amide bonds. The van der Waals surface area contributed by atoms with Crippen LogP contribution in [0.3, 0.4) is 0 Å². The maximum Gasteiger partial charge on any atom is 2.00 e. The van der Waals surface area contributed by atoms with Crippen molar-refractivity contribution in [2.45, 2.75) is 0 Å². The zero-order chi connectivity index (χ0) is 17.0. The molecule has 18 nitrogen and oxygen atoms in total. The third kappa shape index (κ3) is 986. The summed E-state index contributed by atoms with van der Waals surface area (Å²) in [7, 11) is 0. The summed E-state index contributed by atoms with van der Waals surface area (Å²) in [6, 6.07) is 0. The Morgan fingerprint density at radius 3 is 0.500 bits per heavy atom. The van der Waals surface area contributed by atoms with Gasteiger partial charge in [-0.05, 0) is 0 Å². The Kier molecular flexibility index (Phi) is 65.0. The average molecular weight is 583 g/mol. The van der Waals surface area contributed by atoms with Gasteiger partial charge < -0.3 is 61.3 Å². The van der Waals surface area contributed by atoms with Crippen molar-refractivity contribution in [1.29, 1.82) is 0 Å². The molecule has 0 heterocycles. The van der Waals surface area contributed by atoms with Crippen molar-refractivity contribution in [3.8, 4) is 0 Å². The fraction of sp³-hybridized carbons (Fsp3) is 0. The molecule has 0 aliphatic rings. The van der Waals surface area contributed by atoms with Crippen LogP contribution in [-0.2, 0) is 23.9 Å². The van der Waals surface area contributed by atoms with Crippen LogP contribution in [0.4, 0.5) is 0 Å². The first-order valence-corrected chi connectivity index (χ1v) is 6.00. The topological polar surface area (TPSA) is 299 Å². The molecule has 0 atom stereocenters. The second kappa shape index (κ2) is 36.0. The Morgan fingerprint density at radius 1 is 0.500 bits per heavy atom. The van der Waals surface area contributed by atoms with Crippen LogP contribution < -0.4 is 0 Å². The summed E-state index contributed by atoms with van der Waals surface area (Å²) in [6.45, 7) is 0. The van der Waals surface area contributed by atoms with E-state index in [9.17, 15) is 0 Å². The second-order valence-corrected chi connectivity index (χ2v) is 1.67. The minimum Gasteiger partial charge on any atom is 2.00 e. The zero-order valence-electron chi connectivity index (χ0n) is 8.71. The van der Waals surface area contributed by atoms with Crippen LogP contribution >= 0.6 is 0 Å². The van der Waals surface area contributed by atoms with Crippen molar-refractivity contribution in [1.82, 2.24) is 0 Å². The van der Waals surface area contributed by atoms with Crippen LogP contribution in [0.5, 0.6) is 0 Å². The molecule has 110 valence electrons. The molecule has 0 fully saturated rings. The summed E-state index contributed by atoms with van der Waals surface area (Å²) < 4.78 is 17.2. The summed E-state index contributed by atoms with van der Waals surface area (Å²) in [5, 5.41) is 59.0. The molecule has 0 bridgehead atoms. The summed E-state index contributed by atoms with van der Waals surface area (Å²) in [5.41, 5.74) is 0. The van der Waals surface area contributed by atoms with Crippen LogP contribution in [0, 0.1) is 89.1 Å². The van der Waals surface area contributed by atoms with Crippen LogP contribution in [0.1, 0.15) is 0 Å². The molecule has 0 aromatic rings. The van der Waals surface area contributed by atoms with E-state index in [-0.39, 0.29) is 19.5 Å². The van der Waals surface area contributed by atoms with Gasteiger partial charge in [0, 0.05) is 0 Å². The number of nitrogens with zero attached hydrogens (tertiary/aromatic N) is 4. The Morgan fingerprint density at radius 2 is 0.500 bits per heavy atom. The van der Waals surface area contributed by atoms with Gasteiger partial charge in [0.25, 0.3) is 0 Å². The molecule has 0 saturated carbocycles. The first kappa shape index (κ1) is 36.1. The minimum atomic E-state index is -2.51. The third-order valence-electron chi connectivity index (χ3n) is 0. The largest absolute Gasteiger partial charge is 2.00 e. The Labute approximate surface area is 133 Å². The molecule has 20 heteroatoms. The van der Waals surface area contributed by atoms with Crippen LogP contribution in [0.25, 0.3) is 0 Å². The van der Waals surface area contributed by atoms with E-state index in [2.05, 4.69) is 0 Å². The fourth-order valence-corrected chi connectivity index (χ4v) is 0. The first-order valence-electron chi connectivity index (χ1n) is 2.60. The average Bonchev–Trinajstić information content (AvgIpc) is 1.97. The number of hydrogen-bond acceptors (Lipinski definition) is 14. The molecular formula is N4O14UZn. The quantitative estimate of drug-likeness (QED) is 0.184. The van der Waals surface area contributed by atoms with Crippen LogP contribution in [0.2, 0.25) is 0 Å². The predicted octanol–water partition coefficient (Wildman–Crippen LogP) is -1.20. The smallest absolute Gasteiger partial charge is 2.00 e. The Bertz CT molecular complexity index is 230. The molecule has 0 unspecified atom stereocenters. The molecule has 0 aromatic heterocycles. The number of hydrogen-bond donors (Lipinski definition) is 0. The van der Waals surface area contributed by atoms with Gasteiger partial charge >= 0.3 is 51.8 Å². The van der Waals surface area contributed by atoms with Crippen molar-refractivity contribution in [3.05, 3.63) is 61.3 Å². The van der Waals surface area contributed by atoms with Crippen LogP contribution in [0.15, 0.2) is 0 Å². The fourth-order valence-electron chi connectivity index (χ4n) is 0. The van der Waals surface area contributed by atoms with Crippen molar-refractivity contribution in [2.24, 2.45) is 0 Å². The van der Waals surface area contributed by atoms with Gasteiger partial charge in [-0.1, -0.05) is 0 Å². The van der Waals surface area contributed by atoms with E-state index in [1.807, 2.05) is 0 Å². The van der Waals surface area contributed by atoms with Gasteiger partial charge in [0.05, 0.1) is 20.3 Å². The van der Waals surface area contributed by atoms with E-state index in [0.29, 0.717) is 0 Å². The predicted molar refractivity (Wildman–Crippen MR) is 42.8 cm³/mol. The van der Waals surface area contributed by atoms with E-state index in [1.54, 1.807) is 0 Å². The summed E-state index contributed by atoms with van der Waals surface area (Å²) in [5.74, 6) is 0. The minimum absolute atomic E-state index is 0. The summed E-state index contributed by atoms with van der Waals surface area (Å²) in [4.78, 5) is 33.0. The van der Waals surface area contributed by atoms with Gasteiger partial charge in [-0.25, -0.2) is 0 Å². The Balaban J connectivity index is -0.0000000304. The zero-order valence-corrected chi connectivity index (χ0v) is 15.8. The molecule has 0 spiro atoms. The van der Waals surface area contributed by atoms with Gasteiger partial charge in [-0.3, -0.25) is 0 Å². The van der Waals surface area contributed by atoms with Gasteiger partial charge in [0.1, 0.15) is 0 Å². The molecule has 20 heavy (non-hydrogen) atoms. The van der Waals surface area contributed by atoms with Gasteiger partial charge in [0.2, 0.25) is 0 Å². The van der Waals surface area contributed by atoms with E-state index in [0.717, 1.165) is 0 Å². The number of rotatable bonds is 0. The first-order chi connectivity index (χ1) is 8.34. The third-order valence-corrected chi connectivity index (χ3v) is 0. The molecule has 0 saturated heterocycles. The van der Waals surface area contributed by atoms with Gasteiger partial charge in [-0.15, -0.1) is 0 Å². The maximum absolute atomic E-state index is 8.58. The van der Waals surface area contributed by atoms with E-state index >= 15 is 0 Å². The van der Waals surface area contributed by atoms with Crippen molar-refractivity contribution >= 4 is 0 Å². The molecule has 0 rings (SSSR count). The molecule has 0 aromatic carbocycles. The van der Waals surface area contributed by atoms with E-state index in [1.165, 1.54) is 0 Å². The van der Waals surface area contributed by atoms with Crippen molar-refractivity contribution in [2.75, 3.05) is 0 Å². The molecule has 0 aliphatic heterocycles. The summed E-state index contributed by atoms with van der Waals surface area (Å²) in [6.07, 6.45) is 0. The second-order valence-electron chi connectivity index (χ2n) is 0.978. The van der Waals surface area contributed by atoms with Crippen LogP contribution in [-0.4, -0.2) is 20.3 Å². The monoisotopic (exact) mass is 582 g/mol. The standard InChI is InChI=1S/4NO3.2O.U.Zn/c4*2-1(3)4;;;;/q4*-1;;;2*+2.